The number of alkyl halides is 1. The Bertz CT molecular complexity index is 1150. The van der Waals surface area contributed by atoms with Crippen LogP contribution >= 0.6 is 0 Å². The van der Waals surface area contributed by atoms with Crippen molar-refractivity contribution in [1.82, 2.24) is 20.5 Å². The Hall–Kier alpha value is -2.86. The van der Waals surface area contributed by atoms with Crippen LogP contribution in [-0.4, -0.2) is 37.5 Å². The van der Waals surface area contributed by atoms with Crippen LogP contribution in [0.5, 0.6) is 5.75 Å². The molecule has 2 N–H and O–H groups in total. The molecule has 5 rings (SSSR count). The molecule has 0 amide bonds. The van der Waals surface area contributed by atoms with Gasteiger partial charge in [0.1, 0.15) is 11.9 Å². The standard InChI is InChI=1S/C24H25FN4O/c1-14(18-12-23(2)7-8-24(3,29-23)22(18)25)19-4-5-20(28-27-19)17-10-15-6-9-26-13-16(15)11-21(17)30/h4-6,9-11,13,18,22,29-30H,1,7-8,12H2,2-3H3/t18-,22+,23+,24-/m1/s1. The quantitative estimate of drug-likeness (QED) is 0.664. The fraction of sp³-hybridized carbons (Fsp3) is 0.375. The number of halogens is 1. The van der Waals surface area contributed by atoms with Crippen molar-refractivity contribution in [3.63, 3.8) is 0 Å². The van der Waals surface area contributed by atoms with E-state index in [0.29, 0.717) is 28.9 Å². The maximum atomic E-state index is 15.4. The first kappa shape index (κ1) is 19.1. The second kappa shape index (κ2) is 6.57. The van der Waals surface area contributed by atoms with Gasteiger partial charge in [0.05, 0.1) is 11.4 Å². The van der Waals surface area contributed by atoms with Crippen molar-refractivity contribution < 1.29 is 9.50 Å². The second-order valence-corrected chi connectivity index (χ2v) is 9.24. The molecule has 6 heteroatoms. The van der Waals surface area contributed by atoms with Gasteiger partial charge in [-0.25, -0.2) is 4.39 Å². The first-order valence-corrected chi connectivity index (χ1v) is 10.3. The zero-order valence-electron chi connectivity index (χ0n) is 17.2. The van der Waals surface area contributed by atoms with E-state index < -0.39 is 11.7 Å². The summed E-state index contributed by atoms with van der Waals surface area (Å²) in [6, 6.07) is 9.06. The number of aromatic hydroxyl groups is 1. The maximum absolute atomic E-state index is 15.4. The molecule has 0 unspecified atom stereocenters. The molecule has 4 atom stereocenters. The smallest absolute Gasteiger partial charge is 0.125 e. The monoisotopic (exact) mass is 404 g/mol. The van der Waals surface area contributed by atoms with Gasteiger partial charge in [0, 0.05) is 40.3 Å². The lowest BCUT2D eigenvalue weighted by Crippen LogP contribution is -2.60. The number of pyridine rings is 1. The largest absolute Gasteiger partial charge is 0.507 e. The van der Waals surface area contributed by atoms with E-state index in [1.165, 1.54) is 0 Å². The molecule has 2 bridgehead atoms. The van der Waals surface area contributed by atoms with Gasteiger partial charge < -0.3 is 10.4 Å². The molecular formula is C24H25FN4O. The molecule has 3 aromatic rings. The molecule has 30 heavy (non-hydrogen) atoms. The second-order valence-electron chi connectivity index (χ2n) is 9.24. The van der Waals surface area contributed by atoms with E-state index >= 15 is 4.39 Å². The molecule has 2 fully saturated rings. The SMILES string of the molecule is C=C(c1ccc(-c2cc3ccncc3cc2O)nn1)[C@H]1C[C@]2(C)CC[C@@](C)(N2)[C@H]1F. The van der Waals surface area contributed by atoms with Crippen LogP contribution in [0.2, 0.25) is 0 Å². The molecule has 154 valence electrons. The highest BCUT2D eigenvalue weighted by Gasteiger charge is 2.55. The molecular weight excluding hydrogens is 379 g/mol. The Balaban J connectivity index is 1.44. The molecule has 4 heterocycles. The number of rotatable bonds is 3. The maximum Gasteiger partial charge on any atom is 0.125 e. The lowest BCUT2D eigenvalue weighted by molar-refractivity contribution is 0.0770. The van der Waals surface area contributed by atoms with E-state index in [1.54, 1.807) is 18.5 Å². The number of phenolic OH excluding ortho intramolecular Hbond substituents is 1. The zero-order valence-corrected chi connectivity index (χ0v) is 17.2. The van der Waals surface area contributed by atoms with Crippen LogP contribution in [0, 0.1) is 5.92 Å². The predicted octanol–water partition coefficient (Wildman–Crippen LogP) is 4.67. The van der Waals surface area contributed by atoms with Crippen molar-refractivity contribution in [3.8, 4) is 17.0 Å². The average molecular weight is 404 g/mol. The van der Waals surface area contributed by atoms with Gasteiger partial charge in [-0.3, -0.25) is 4.98 Å². The number of nitrogens with zero attached hydrogens (tertiary/aromatic N) is 3. The third kappa shape index (κ3) is 2.98. The number of fused-ring (bicyclic) bond motifs is 3. The average Bonchev–Trinajstić information content (AvgIpc) is 3.02. The van der Waals surface area contributed by atoms with Crippen molar-refractivity contribution >= 4 is 16.3 Å². The number of allylic oxidation sites excluding steroid dienone is 1. The third-order valence-corrected chi connectivity index (χ3v) is 6.89. The number of benzene rings is 1. The first-order chi connectivity index (χ1) is 14.3. The van der Waals surface area contributed by atoms with E-state index in [0.717, 1.165) is 23.6 Å². The molecule has 0 spiro atoms. The highest BCUT2D eigenvalue weighted by molar-refractivity contribution is 5.89. The summed E-state index contributed by atoms with van der Waals surface area (Å²) in [5, 5.41) is 24.4. The van der Waals surface area contributed by atoms with Gasteiger partial charge in [-0.1, -0.05) is 6.58 Å². The van der Waals surface area contributed by atoms with Crippen LogP contribution in [0.4, 0.5) is 4.39 Å². The summed E-state index contributed by atoms with van der Waals surface area (Å²) in [4.78, 5) is 4.08. The van der Waals surface area contributed by atoms with Crippen LogP contribution in [-0.2, 0) is 0 Å². The van der Waals surface area contributed by atoms with Gasteiger partial charge in [-0.05, 0) is 74.4 Å². The summed E-state index contributed by atoms with van der Waals surface area (Å²) in [6.07, 6.45) is 4.90. The van der Waals surface area contributed by atoms with Crippen LogP contribution in [0.3, 0.4) is 0 Å². The van der Waals surface area contributed by atoms with Gasteiger partial charge in [-0.2, -0.15) is 5.10 Å². The fourth-order valence-electron chi connectivity index (χ4n) is 5.21. The number of hydrogen-bond donors (Lipinski definition) is 2. The number of hydrogen-bond acceptors (Lipinski definition) is 5. The number of piperidine rings is 1. The summed E-state index contributed by atoms with van der Waals surface area (Å²) in [7, 11) is 0. The van der Waals surface area contributed by atoms with Crippen molar-refractivity contribution in [2.45, 2.75) is 50.4 Å². The summed E-state index contributed by atoms with van der Waals surface area (Å²) < 4.78 is 15.4. The predicted molar refractivity (Wildman–Crippen MR) is 116 cm³/mol. The van der Waals surface area contributed by atoms with E-state index in [1.807, 2.05) is 31.2 Å². The summed E-state index contributed by atoms with van der Waals surface area (Å²) in [5.74, 6) is -0.165. The summed E-state index contributed by atoms with van der Waals surface area (Å²) >= 11 is 0. The number of aromatic nitrogens is 3. The van der Waals surface area contributed by atoms with Gasteiger partial charge >= 0.3 is 0 Å². The summed E-state index contributed by atoms with van der Waals surface area (Å²) in [6.45, 7) is 8.32. The number of phenols is 1. The Kier molecular flexibility index (Phi) is 4.19. The Morgan fingerprint density at radius 1 is 1.17 bits per heavy atom. The minimum atomic E-state index is -1.01. The van der Waals surface area contributed by atoms with Crippen molar-refractivity contribution in [2.75, 3.05) is 0 Å². The van der Waals surface area contributed by atoms with E-state index in [-0.39, 0.29) is 17.2 Å². The Morgan fingerprint density at radius 2 is 2.00 bits per heavy atom. The van der Waals surface area contributed by atoms with Gasteiger partial charge in [-0.15, -0.1) is 5.10 Å². The normalized spacial score (nSPS) is 30.5. The Labute approximate surface area is 175 Å². The van der Waals surface area contributed by atoms with Crippen LogP contribution in [0.15, 0.2) is 49.3 Å². The zero-order chi connectivity index (χ0) is 21.1. The topological polar surface area (TPSA) is 70.9 Å². The summed E-state index contributed by atoms with van der Waals surface area (Å²) in [5.41, 5.74) is 1.87. The Morgan fingerprint density at radius 3 is 2.77 bits per heavy atom. The lowest BCUT2D eigenvalue weighted by Gasteiger charge is -2.45. The number of nitrogens with one attached hydrogen (secondary N) is 1. The molecule has 1 aromatic carbocycles. The van der Waals surface area contributed by atoms with E-state index in [9.17, 15) is 5.11 Å². The molecule has 2 aliphatic heterocycles. The molecule has 0 saturated carbocycles. The molecule has 5 nitrogen and oxygen atoms in total. The highest BCUT2D eigenvalue weighted by atomic mass is 19.1. The van der Waals surface area contributed by atoms with Gasteiger partial charge in [0.15, 0.2) is 0 Å². The van der Waals surface area contributed by atoms with E-state index in [4.69, 9.17) is 0 Å². The molecule has 0 aliphatic carbocycles. The molecule has 2 aliphatic rings. The van der Waals surface area contributed by atoms with Gasteiger partial charge in [0.25, 0.3) is 0 Å². The molecule has 0 radical (unpaired) electrons. The van der Waals surface area contributed by atoms with E-state index in [2.05, 4.69) is 34.0 Å². The minimum Gasteiger partial charge on any atom is -0.507 e. The molecule has 2 aromatic heterocycles. The minimum absolute atomic E-state index is 0.0654. The van der Waals surface area contributed by atoms with Crippen molar-refractivity contribution in [3.05, 3.63) is 55.0 Å². The fourth-order valence-corrected chi connectivity index (χ4v) is 5.21. The lowest BCUT2D eigenvalue weighted by atomic mass is 9.75. The van der Waals surface area contributed by atoms with Crippen LogP contribution in [0.25, 0.3) is 27.6 Å². The van der Waals surface area contributed by atoms with Gasteiger partial charge in [0.2, 0.25) is 0 Å². The van der Waals surface area contributed by atoms with Crippen LogP contribution in [0.1, 0.15) is 38.8 Å². The van der Waals surface area contributed by atoms with Crippen LogP contribution < -0.4 is 5.32 Å². The highest BCUT2D eigenvalue weighted by Crippen LogP contribution is 2.49. The molecule has 2 saturated heterocycles. The third-order valence-electron chi connectivity index (χ3n) is 6.89. The van der Waals surface area contributed by atoms with Crippen molar-refractivity contribution in [1.29, 1.82) is 0 Å². The van der Waals surface area contributed by atoms with Crippen molar-refractivity contribution in [2.24, 2.45) is 5.92 Å². The first-order valence-electron chi connectivity index (χ1n) is 10.3.